The van der Waals surface area contributed by atoms with Crippen molar-refractivity contribution in [1.82, 2.24) is 13.7 Å². The molecule has 3 aromatic heterocycles. The summed E-state index contributed by atoms with van der Waals surface area (Å²) in [6, 6.07) is 30.0. The van der Waals surface area contributed by atoms with Crippen molar-refractivity contribution in [2.24, 2.45) is 0 Å². The topological polar surface area (TPSA) is 14.8 Å². The average molecular weight is 695 g/mol. The Bertz CT molecular complexity index is 3440. The molecule has 0 spiro atoms. The molecule has 258 valence electrons. The molecule has 53 heavy (non-hydrogen) atoms. The third-order valence-electron chi connectivity index (χ3n) is 10.7. The van der Waals surface area contributed by atoms with E-state index in [0.717, 1.165) is 54.7 Å². The Hall–Kier alpha value is -6.06. The van der Waals surface area contributed by atoms with Gasteiger partial charge in [-0.3, -0.25) is 0 Å². The van der Waals surface area contributed by atoms with Crippen LogP contribution in [0.5, 0.6) is 0 Å². The predicted octanol–water partition coefficient (Wildman–Crippen LogP) is 13.6. The van der Waals surface area contributed by atoms with Crippen LogP contribution in [-0.2, 0) is 10.8 Å². The van der Waals surface area contributed by atoms with Gasteiger partial charge in [-0.15, -0.1) is 0 Å². The van der Waals surface area contributed by atoms with E-state index in [2.05, 4.69) is 93.1 Å². The quantitative estimate of drug-likeness (QED) is 0.175. The first-order chi connectivity index (χ1) is 29.2. The molecule has 0 bridgehead atoms. The summed E-state index contributed by atoms with van der Waals surface area (Å²) in [5.74, 6) is 0. The van der Waals surface area contributed by atoms with Crippen molar-refractivity contribution in [3.8, 4) is 17.1 Å². The molecule has 10 aromatic rings. The highest BCUT2D eigenvalue weighted by molar-refractivity contribution is 6.12. The second-order valence-electron chi connectivity index (χ2n) is 16.1. The molecule has 0 radical (unpaired) electrons. The molecule has 0 aliphatic rings. The second kappa shape index (κ2) is 11.2. The van der Waals surface area contributed by atoms with E-state index in [0.29, 0.717) is 29.1 Å². The van der Waals surface area contributed by atoms with Crippen LogP contribution in [0.1, 0.15) is 65.0 Å². The smallest absolute Gasteiger partial charge is 0.0645 e. The maximum absolute atomic E-state index is 9.31. The molecule has 0 fully saturated rings. The van der Waals surface area contributed by atoms with Crippen molar-refractivity contribution in [3.63, 3.8) is 0 Å². The number of aromatic nitrogens is 3. The maximum atomic E-state index is 9.31. The first-order valence-corrected chi connectivity index (χ1v) is 18.0. The van der Waals surface area contributed by atoms with E-state index in [4.69, 9.17) is 9.60 Å². The lowest BCUT2D eigenvalue weighted by atomic mass is 9.86. The third kappa shape index (κ3) is 4.80. The van der Waals surface area contributed by atoms with Crippen LogP contribution in [0, 0.1) is 0 Å². The van der Waals surface area contributed by atoms with Gasteiger partial charge in [-0.05, 0) is 88.6 Å². The van der Waals surface area contributed by atoms with Gasteiger partial charge >= 0.3 is 0 Å². The predicted molar refractivity (Wildman–Crippen MR) is 227 cm³/mol. The Labute approximate surface area is 323 Å². The summed E-state index contributed by atoms with van der Waals surface area (Å²) >= 11 is 0. The summed E-state index contributed by atoms with van der Waals surface area (Å²) in [7, 11) is 0. The Morgan fingerprint density at radius 1 is 0.358 bits per heavy atom. The molecule has 0 saturated carbocycles. The minimum absolute atomic E-state index is 0.138. The van der Waals surface area contributed by atoms with Crippen LogP contribution in [-0.4, -0.2) is 13.7 Å². The lowest BCUT2D eigenvalue weighted by Crippen LogP contribution is -2.10. The Morgan fingerprint density at radius 2 is 0.755 bits per heavy atom. The van der Waals surface area contributed by atoms with Gasteiger partial charge in [-0.2, -0.15) is 0 Å². The van der Waals surface area contributed by atoms with Crippen molar-refractivity contribution < 1.29 is 12.3 Å². The van der Waals surface area contributed by atoms with Crippen LogP contribution in [0.3, 0.4) is 0 Å². The van der Waals surface area contributed by atoms with Gasteiger partial charge in [-0.1, -0.05) is 126 Å². The standard InChI is InChI=1S/C50H43N3/c1-49(2,3)32-23-25-47-41(27-32)39-17-9-13-21-45(39)52(47)35-29-34(51-43-19-11-7-15-37(43)38-16-8-12-20-44(38)51)30-36(31-35)53-46-22-14-10-18-40(46)42-28-33(50(4,5)6)24-26-48(42)53/h7-31H,1-6H3/i7D,8D,9D,10D,11D,12D,15D,19D,20D. The lowest BCUT2D eigenvalue weighted by Gasteiger charge is -2.20. The molecule has 3 nitrogen and oxygen atoms in total. The van der Waals surface area contributed by atoms with Crippen LogP contribution in [0.25, 0.3) is 82.5 Å². The Balaban J connectivity index is 1.42. The molecule has 0 amide bonds. The summed E-state index contributed by atoms with van der Waals surface area (Å²) in [6.07, 6.45) is 0. The summed E-state index contributed by atoms with van der Waals surface area (Å²) in [4.78, 5) is 0. The van der Waals surface area contributed by atoms with Gasteiger partial charge in [0.2, 0.25) is 0 Å². The van der Waals surface area contributed by atoms with Crippen molar-refractivity contribution in [2.75, 3.05) is 0 Å². The van der Waals surface area contributed by atoms with Crippen LogP contribution in [0.4, 0.5) is 0 Å². The van der Waals surface area contributed by atoms with Gasteiger partial charge in [0.05, 0.1) is 62.5 Å². The molecular weight excluding hydrogens is 643 g/mol. The van der Waals surface area contributed by atoms with E-state index in [9.17, 15) is 2.74 Å². The van der Waals surface area contributed by atoms with E-state index >= 15 is 0 Å². The Kier molecular flexibility index (Phi) is 4.97. The molecule has 0 aliphatic heterocycles. The molecule has 0 aliphatic carbocycles. The van der Waals surface area contributed by atoms with Crippen molar-refractivity contribution in [2.45, 2.75) is 52.4 Å². The zero-order valence-electron chi connectivity index (χ0n) is 39.6. The fourth-order valence-electron chi connectivity index (χ4n) is 8.02. The first-order valence-electron chi connectivity index (χ1n) is 22.5. The molecule has 0 N–H and O–H groups in total. The number of hydrogen-bond donors (Lipinski definition) is 0. The van der Waals surface area contributed by atoms with Gasteiger partial charge in [0, 0.05) is 32.3 Å². The molecule has 10 rings (SSSR count). The lowest BCUT2D eigenvalue weighted by molar-refractivity contribution is 0.591. The monoisotopic (exact) mass is 694 g/mol. The normalized spacial score (nSPS) is 15.1. The number of fused-ring (bicyclic) bond motifs is 9. The van der Waals surface area contributed by atoms with Crippen LogP contribution in [0.2, 0.25) is 0 Å². The van der Waals surface area contributed by atoms with Crippen LogP contribution >= 0.6 is 0 Å². The number of benzene rings is 7. The van der Waals surface area contributed by atoms with E-state index in [1.165, 1.54) is 6.07 Å². The number of hydrogen-bond acceptors (Lipinski definition) is 0. The maximum Gasteiger partial charge on any atom is 0.0645 e. The summed E-state index contributed by atoms with van der Waals surface area (Å²) in [6.45, 7) is 13.0. The molecule has 3 heteroatoms. The minimum Gasteiger partial charge on any atom is -0.309 e. The number of para-hydroxylation sites is 4. The molecule has 0 atom stereocenters. The first kappa shape index (κ1) is 23.5. The zero-order chi connectivity index (χ0) is 44.1. The van der Waals surface area contributed by atoms with Gasteiger partial charge in [0.25, 0.3) is 0 Å². The Morgan fingerprint density at radius 3 is 1.26 bits per heavy atom. The van der Waals surface area contributed by atoms with E-state index in [-0.39, 0.29) is 62.8 Å². The average Bonchev–Trinajstić information content (AvgIpc) is 3.85. The molecular formula is C50H43N3. The minimum atomic E-state index is -0.432. The van der Waals surface area contributed by atoms with Crippen molar-refractivity contribution in [3.05, 3.63) is 163 Å². The molecule has 3 heterocycles. The number of nitrogens with zero attached hydrogens (tertiary/aromatic N) is 3. The van der Waals surface area contributed by atoms with E-state index < -0.39 is 12.1 Å². The summed E-state index contributed by atoms with van der Waals surface area (Å²) < 4.78 is 85.8. The highest BCUT2D eigenvalue weighted by Gasteiger charge is 2.22. The van der Waals surface area contributed by atoms with Crippen molar-refractivity contribution in [1.29, 1.82) is 0 Å². The van der Waals surface area contributed by atoms with E-state index in [1.54, 1.807) is 16.7 Å². The summed E-state index contributed by atoms with van der Waals surface area (Å²) in [5, 5.41) is 4.22. The van der Waals surface area contributed by atoms with Crippen molar-refractivity contribution >= 4 is 65.4 Å². The second-order valence-corrected chi connectivity index (χ2v) is 16.1. The highest BCUT2D eigenvalue weighted by Crippen LogP contribution is 2.40. The fourth-order valence-corrected chi connectivity index (χ4v) is 8.02. The van der Waals surface area contributed by atoms with Crippen LogP contribution in [0.15, 0.2) is 151 Å². The molecule has 7 aromatic carbocycles. The number of rotatable bonds is 3. The summed E-state index contributed by atoms with van der Waals surface area (Å²) in [5.41, 5.74) is 7.75. The fraction of sp³-hybridized carbons (Fsp3) is 0.160. The third-order valence-corrected chi connectivity index (χ3v) is 10.7. The molecule has 0 saturated heterocycles. The van der Waals surface area contributed by atoms with Crippen LogP contribution < -0.4 is 0 Å². The van der Waals surface area contributed by atoms with E-state index in [1.807, 2.05) is 36.4 Å². The molecule has 0 unspecified atom stereocenters. The highest BCUT2D eigenvalue weighted by atomic mass is 15.0. The van der Waals surface area contributed by atoms with Gasteiger partial charge in [0.1, 0.15) is 0 Å². The van der Waals surface area contributed by atoms with Gasteiger partial charge < -0.3 is 13.7 Å². The SMILES string of the molecule is [2H]c1ccc2c(c1)c1cc(C(C)(C)C)ccc1n2-c1cc(-n2c3ccc([2H])cc3c3cc(C(C)(C)C)ccc32)cc(-n2c3c([2H])c([2H])c([2H])cc3c3c([2H])c([2H])c([2H])c([2H])c32)c1. The largest absolute Gasteiger partial charge is 0.309 e. The van der Waals surface area contributed by atoms with Gasteiger partial charge in [0.15, 0.2) is 0 Å². The van der Waals surface area contributed by atoms with Gasteiger partial charge in [-0.25, -0.2) is 0 Å². The zero-order valence-corrected chi connectivity index (χ0v) is 30.6.